The standard InChI is InChI=1S/C16H13NO3.C8H14ClN5/c18-15(19)14-11-16(20-17-14,12-7-3-1-4-8-12)13-9-5-2-6-10-13;1-4-10-7-12-6(9)13-8(14-7)11-5(2)3/h1-10H,11H2,(H,18,19);5H,4H2,1-3H3,(H2,10,11,12,13,14). The Hall–Kier alpha value is -3.72. The Morgan fingerprint density at radius 1 is 1.03 bits per heavy atom. The van der Waals surface area contributed by atoms with E-state index in [9.17, 15) is 4.79 Å². The molecular formula is C24H27ClN6O3. The summed E-state index contributed by atoms with van der Waals surface area (Å²) in [6.07, 6.45) is 0.219. The third-order valence-electron chi connectivity index (χ3n) is 4.82. The van der Waals surface area contributed by atoms with Crippen molar-refractivity contribution in [1.29, 1.82) is 0 Å². The predicted molar refractivity (Wildman–Crippen MR) is 132 cm³/mol. The number of carboxylic acids is 1. The number of halogens is 1. The molecule has 1 aliphatic rings. The molecule has 34 heavy (non-hydrogen) atoms. The summed E-state index contributed by atoms with van der Waals surface area (Å²) in [7, 11) is 0. The molecule has 178 valence electrons. The second kappa shape index (κ2) is 11.4. The SMILES string of the molecule is CCNc1nc(Cl)nc(NC(C)C)n1.O=C(O)C1=NOC(c2ccccc2)(c2ccccc2)C1. The second-order valence-electron chi connectivity index (χ2n) is 7.75. The summed E-state index contributed by atoms with van der Waals surface area (Å²) in [5.74, 6) is -0.0506. The van der Waals surface area contributed by atoms with Crippen LogP contribution in [0.2, 0.25) is 5.28 Å². The zero-order valence-electron chi connectivity index (χ0n) is 19.2. The highest BCUT2D eigenvalue weighted by Gasteiger charge is 2.44. The molecule has 0 saturated heterocycles. The molecular weight excluding hydrogens is 456 g/mol. The van der Waals surface area contributed by atoms with Gasteiger partial charge >= 0.3 is 5.97 Å². The van der Waals surface area contributed by atoms with Gasteiger partial charge in [-0.2, -0.15) is 15.0 Å². The Labute approximate surface area is 203 Å². The monoisotopic (exact) mass is 482 g/mol. The normalized spacial score (nSPS) is 13.9. The number of carbonyl (C=O) groups is 1. The van der Waals surface area contributed by atoms with Gasteiger partial charge in [0, 0.05) is 23.7 Å². The van der Waals surface area contributed by atoms with E-state index in [0.717, 1.165) is 17.7 Å². The zero-order chi connectivity index (χ0) is 24.6. The Morgan fingerprint density at radius 2 is 1.59 bits per heavy atom. The van der Waals surface area contributed by atoms with E-state index < -0.39 is 11.6 Å². The van der Waals surface area contributed by atoms with Gasteiger partial charge in [0.2, 0.25) is 17.2 Å². The van der Waals surface area contributed by atoms with Gasteiger partial charge in [0.15, 0.2) is 11.3 Å². The van der Waals surface area contributed by atoms with Crippen LogP contribution in [0.5, 0.6) is 0 Å². The Bertz CT molecular complexity index is 1090. The minimum absolute atomic E-state index is 0.0395. The number of nitrogens with one attached hydrogen (secondary N) is 2. The molecule has 4 rings (SSSR count). The molecule has 0 unspecified atom stereocenters. The molecule has 0 spiro atoms. The Kier molecular flexibility index (Phi) is 8.37. The molecule has 0 atom stereocenters. The summed E-state index contributed by atoms with van der Waals surface area (Å²) in [4.78, 5) is 28.7. The van der Waals surface area contributed by atoms with Gasteiger partial charge in [0.25, 0.3) is 0 Å². The van der Waals surface area contributed by atoms with Crippen LogP contribution in [0.1, 0.15) is 38.3 Å². The highest BCUT2D eigenvalue weighted by atomic mass is 35.5. The zero-order valence-corrected chi connectivity index (χ0v) is 20.0. The van der Waals surface area contributed by atoms with Gasteiger partial charge in [-0.15, -0.1) is 0 Å². The van der Waals surface area contributed by atoms with E-state index in [1.54, 1.807) is 0 Å². The van der Waals surface area contributed by atoms with Crippen LogP contribution in [0.4, 0.5) is 11.9 Å². The smallest absolute Gasteiger partial charge is 0.353 e. The number of aromatic nitrogens is 3. The molecule has 0 saturated carbocycles. The molecule has 10 heteroatoms. The van der Waals surface area contributed by atoms with Crippen molar-refractivity contribution in [2.24, 2.45) is 5.16 Å². The van der Waals surface area contributed by atoms with Crippen molar-refractivity contribution in [1.82, 2.24) is 15.0 Å². The Morgan fingerprint density at radius 3 is 2.06 bits per heavy atom. The van der Waals surface area contributed by atoms with E-state index in [0.29, 0.717) is 11.9 Å². The summed E-state index contributed by atoms with van der Waals surface area (Å²) >= 11 is 5.73. The third kappa shape index (κ3) is 6.20. The van der Waals surface area contributed by atoms with E-state index >= 15 is 0 Å². The molecule has 3 N–H and O–H groups in total. The fourth-order valence-electron chi connectivity index (χ4n) is 3.35. The lowest BCUT2D eigenvalue weighted by molar-refractivity contribution is -0.129. The first-order valence-electron chi connectivity index (χ1n) is 10.9. The van der Waals surface area contributed by atoms with E-state index in [1.165, 1.54) is 0 Å². The quantitative estimate of drug-likeness (QED) is 0.447. The number of carboxylic acid groups (broad SMARTS) is 1. The van der Waals surface area contributed by atoms with Gasteiger partial charge in [-0.3, -0.25) is 0 Å². The molecule has 2 aromatic carbocycles. The number of oxime groups is 1. The largest absolute Gasteiger partial charge is 0.477 e. The van der Waals surface area contributed by atoms with Crippen LogP contribution >= 0.6 is 11.6 Å². The van der Waals surface area contributed by atoms with Crippen molar-refractivity contribution in [3.63, 3.8) is 0 Å². The third-order valence-corrected chi connectivity index (χ3v) is 4.98. The summed E-state index contributed by atoms with van der Waals surface area (Å²) in [5, 5.41) is 19.1. The first-order valence-corrected chi connectivity index (χ1v) is 11.2. The van der Waals surface area contributed by atoms with E-state index in [2.05, 4.69) is 30.7 Å². The lowest BCUT2D eigenvalue weighted by Crippen LogP contribution is -2.29. The van der Waals surface area contributed by atoms with Crippen molar-refractivity contribution in [3.8, 4) is 0 Å². The molecule has 0 radical (unpaired) electrons. The molecule has 0 bridgehead atoms. The number of hydrogen-bond donors (Lipinski definition) is 3. The maximum Gasteiger partial charge on any atom is 0.353 e. The number of benzene rings is 2. The van der Waals surface area contributed by atoms with Crippen LogP contribution in [0.15, 0.2) is 65.8 Å². The van der Waals surface area contributed by atoms with Crippen LogP contribution in [0.3, 0.4) is 0 Å². The van der Waals surface area contributed by atoms with Gasteiger partial charge in [0.1, 0.15) is 0 Å². The highest BCUT2D eigenvalue weighted by Crippen LogP contribution is 2.41. The van der Waals surface area contributed by atoms with Gasteiger partial charge in [-0.25, -0.2) is 4.79 Å². The minimum Gasteiger partial charge on any atom is -0.477 e. The minimum atomic E-state index is -1.04. The molecule has 9 nitrogen and oxygen atoms in total. The summed E-state index contributed by atoms with van der Waals surface area (Å²) in [6.45, 7) is 6.73. The molecule has 1 aliphatic heterocycles. The lowest BCUT2D eigenvalue weighted by Gasteiger charge is -2.27. The first kappa shape index (κ1) is 24.9. The first-order chi connectivity index (χ1) is 16.3. The molecule has 2 heterocycles. The molecule has 0 amide bonds. The number of nitrogens with zero attached hydrogens (tertiary/aromatic N) is 4. The molecule has 3 aromatic rings. The fraction of sp³-hybridized carbons (Fsp3) is 0.292. The summed E-state index contributed by atoms with van der Waals surface area (Å²) in [5.41, 5.74) is 0.978. The van der Waals surface area contributed by atoms with Gasteiger partial charge in [-0.05, 0) is 32.4 Å². The fourth-order valence-corrected chi connectivity index (χ4v) is 3.51. The van der Waals surface area contributed by atoms with E-state index in [-0.39, 0.29) is 23.5 Å². The van der Waals surface area contributed by atoms with Gasteiger partial charge in [-0.1, -0.05) is 65.8 Å². The van der Waals surface area contributed by atoms with Crippen LogP contribution < -0.4 is 10.6 Å². The predicted octanol–water partition coefficient (Wildman–Crippen LogP) is 4.57. The molecule has 1 aromatic heterocycles. The van der Waals surface area contributed by atoms with Crippen molar-refractivity contribution in [3.05, 3.63) is 77.1 Å². The highest BCUT2D eigenvalue weighted by molar-refractivity contribution is 6.36. The number of aliphatic carboxylic acids is 1. The van der Waals surface area contributed by atoms with E-state index in [1.807, 2.05) is 81.4 Å². The number of rotatable bonds is 7. The van der Waals surface area contributed by atoms with Crippen LogP contribution in [-0.4, -0.2) is 44.3 Å². The second-order valence-corrected chi connectivity index (χ2v) is 8.09. The van der Waals surface area contributed by atoms with Crippen LogP contribution in [0.25, 0.3) is 0 Å². The maximum absolute atomic E-state index is 11.1. The van der Waals surface area contributed by atoms with Crippen molar-refractivity contribution >= 4 is 35.2 Å². The Balaban J connectivity index is 0.000000204. The van der Waals surface area contributed by atoms with Crippen molar-refractivity contribution in [2.75, 3.05) is 17.2 Å². The maximum atomic E-state index is 11.1. The average Bonchev–Trinajstić information content (AvgIpc) is 3.27. The average molecular weight is 483 g/mol. The van der Waals surface area contributed by atoms with Crippen LogP contribution in [-0.2, 0) is 15.2 Å². The molecule has 0 aliphatic carbocycles. The molecule has 0 fully saturated rings. The topological polar surface area (TPSA) is 122 Å². The lowest BCUT2D eigenvalue weighted by atomic mass is 9.82. The van der Waals surface area contributed by atoms with Gasteiger partial charge < -0.3 is 20.6 Å². The van der Waals surface area contributed by atoms with Crippen LogP contribution in [0, 0.1) is 0 Å². The summed E-state index contributed by atoms with van der Waals surface area (Å²) < 4.78 is 0. The summed E-state index contributed by atoms with van der Waals surface area (Å²) in [6, 6.07) is 19.4. The van der Waals surface area contributed by atoms with Gasteiger partial charge in [0.05, 0.1) is 6.42 Å². The van der Waals surface area contributed by atoms with Crippen molar-refractivity contribution < 1.29 is 14.7 Å². The van der Waals surface area contributed by atoms with Crippen molar-refractivity contribution in [2.45, 2.75) is 38.8 Å². The number of anilines is 2. The number of hydrogen-bond acceptors (Lipinski definition) is 8. The van der Waals surface area contributed by atoms with E-state index in [4.69, 9.17) is 21.5 Å².